The van der Waals surface area contributed by atoms with Crippen LogP contribution in [0.15, 0.2) is 24.3 Å². The van der Waals surface area contributed by atoms with Crippen molar-refractivity contribution in [2.45, 2.75) is 0 Å². The number of carbonyl (C=O) groups excluding carboxylic acids is 2. The minimum absolute atomic E-state index is 0.355. The first-order valence-electron chi connectivity index (χ1n) is 4.23. The Morgan fingerprint density at radius 1 is 1.33 bits per heavy atom. The van der Waals surface area contributed by atoms with Crippen LogP contribution in [0.1, 0.15) is 10.4 Å². The van der Waals surface area contributed by atoms with Crippen molar-refractivity contribution in [2.75, 3.05) is 13.7 Å². The van der Waals surface area contributed by atoms with Crippen molar-refractivity contribution in [3.63, 3.8) is 0 Å². The van der Waals surface area contributed by atoms with E-state index in [9.17, 15) is 9.59 Å². The number of Topliss-reactive ketones (excluding diaryl/α,β-unsaturated/α-hetero) is 1. The number of ether oxygens (including phenoxy) is 2. The Bertz CT molecular complexity index is 375. The molecule has 5 heteroatoms. The fourth-order valence-corrected chi connectivity index (χ4v) is 1.09. The summed E-state index contributed by atoms with van der Waals surface area (Å²) in [7, 11) is 1.46. The molecule has 15 heavy (non-hydrogen) atoms. The van der Waals surface area contributed by atoms with E-state index in [1.807, 2.05) is 0 Å². The van der Waals surface area contributed by atoms with Gasteiger partial charge in [-0.15, -0.1) is 0 Å². The smallest absolute Gasteiger partial charge is 0.404 e. The molecule has 0 aromatic heterocycles. The van der Waals surface area contributed by atoms with Gasteiger partial charge in [0.05, 0.1) is 12.7 Å². The molecule has 0 bridgehead atoms. The van der Waals surface area contributed by atoms with E-state index in [4.69, 9.17) is 10.5 Å². The summed E-state index contributed by atoms with van der Waals surface area (Å²) < 4.78 is 9.37. The average Bonchev–Trinajstić information content (AvgIpc) is 2.25. The molecule has 0 unspecified atom stereocenters. The number of hydrogen-bond donors (Lipinski definition) is 1. The lowest BCUT2D eigenvalue weighted by Gasteiger charge is -2.06. The molecule has 1 aromatic carbocycles. The molecule has 80 valence electrons. The zero-order valence-corrected chi connectivity index (χ0v) is 8.23. The number of nitrogens with two attached hydrogens (primary N) is 1. The fourth-order valence-electron chi connectivity index (χ4n) is 1.09. The summed E-state index contributed by atoms with van der Waals surface area (Å²) in [4.78, 5) is 21.8. The molecule has 0 fully saturated rings. The third kappa shape index (κ3) is 2.98. The molecule has 2 N–H and O–H groups in total. The number of primary amides is 1. The molecule has 0 radical (unpaired) electrons. The van der Waals surface area contributed by atoms with Gasteiger partial charge in [0.15, 0.2) is 6.61 Å². The third-order valence-corrected chi connectivity index (χ3v) is 1.75. The number of benzene rings is 1. The monoisotopic (exact) mass is 209 g/mol. The lowest BCUT2D eigenvalue weighted by Crippen LogP contribution is -2.19. The molecule has 0 heterocycles. The first-order valence-corrected chi connectivity index (χ1v) is 4.23. The predicted octanol–water partition coefficient (Wildman–Crippen LogP) is 0.973. The van der Waals surface area contributed by atoms with E-state index in [1.165, 1.54) is 7.11 Å². The van der Waals surface area contributed by atoms with Crippen LogP contribution in [0.2, 0.25) is 0 Å². The second kappa shape index (κ2) is 4.99. The lowest BCUT2D eigenvalue weighted by atomic mass is 10.1. The number of para-hydroxylation sites is 1. The van der Waals surface area contributed by atoms with Crippen LogP contribution >= 0.6 is 0 Å². The molecule has 0 saturated carbocycles. The molecule has 0 aliphatic heterocycles. The van der Waals surface area contributed by atoms with E-state index in [0.29, 0.717) is 11.3 Å². The van der Waals surface area contributed by atoms with E-state index >= 15 is 0 Å². The SMILES string of the molecule is COc1ccccc1C(=O)COC(N)=O. The quantitative estimate of drug-likeness (QED) is 0.749. The normalized spacial score (nSPS) is 9.40. The summed E-state index contributed by atoms with van der Waals surface area (Å²) in [5, 5.41) is 0. The number of hydrogen-bond acceptors (Lipinski definition) is 4. The summed E-state index contributed by atoms with van der Waals surface area (Å²) in [5.41, 5.74) is 5.11. The van der Waals surface area contributed by atoms with Gasteiger partial charge in [0.25, 0.3) is 0 Å². The fraction of sp³-hybridized carbons (Fsp3) is 0.200. The molecule has 0 aliphatic carbocycles. The van der Waals surface area contributed by atoms with Crippen LogP contribution < -0.4 is 10.5 Å². The predicted molar refractivity (Wildman–Crippen MR) is 52.9 cm³/mol. The van der Waals surface area contributed by atoms with Crippen molar-refractivity contribution in [2.24, 2.45) is 5.73 Å². The Balaban J connectivity index is 2.77. The van der Waals surface area contributed by atoms with Gasteiger partial charge in [-0.3, -0.25) is 4.79 Å². The lowest BCUT2D eigenvalue weighted by molar-refractivity contribution is 0.0854. The maximum absolute atomic E-state index is 11.5. The maximum Gasteiger partial charge on any atom is 0.404 e. The summed E-state index contributed by atoms with van der Waals surface area (Å²) in [5.74, 6) is 0.0850. The van der Waals surface area contributed by atoms with E-state index < -0.39 is 6.09 Å². The van der Waals surface area contributed by atoms with Gasteiger partial charge >= 0.3 is 6.09 Å². The molecular weight excluding hydrogens is 198 g/mol. The Morgan fingerprint density at radius 2 is 2.00 bits per heavy atom. The van der Waals surface area contributed by atoms with Crippen LogP contribution in [0.25, 0.3) is 0 Å². The Kier molecular flexibility index (Phi) is 3.68. The molecule has 0 atom stereocenters. The standard InChI is InChI=1S/C10H11NO4/c1-14-9-5-3-2-4-7(9)8(12)6-15-10(11)13/h2-5H,6H2,1H3,(H2,11,13). The second-order valence-corrected chi connectivity index (χ2v) is 2.73. The highest BCUT2D eigenvalue weighted by molar-refractivity contribution is 6.00. The highest BCUT2D eigenvalue weighted by Gasteiger charge is 2.12. The topological polar surface area (TPSA) is 78.6 Å². The van der Waals surface area contributed by atoms with Crippen molar-refractivity contribution in [1.82, 2.24) is 0 Å². The van der Waals surface area contributed by atoms with Crippen molar-refractivity contribution < 1.29 is 19.1 Å². The minimum Gasteiger partial charge on any atom is -0.496 e. The largest absolute Gasteiger partial charge is 0.496 e. The highest BCUT2D eigenvalue weighted by atomic mass is 16.5. The van der Waals surface area contributed by atoms with Gasteiger partial charge in [-0.05, 0) is 12.1 Å². The first kappa shape index (κ1) is 11.0. The van der Waals surface area contributed by atoms with Crippen LogP contribution in [0.3, 0.4) is 0 Å². The molecule has 0 aliphatic rings. The van der Waals surface area contributed by atoms with Crippen molar-refractivity contribution in [3.8, 4) is 5.75 Å². The Morgan fingerprint density at radius 3 is 2.60 bits per heavy atom. The first-order chi connectivity index (χ1) is 7.15. The van der Waals surface area contributed by atoms with Gasteiger partial charge in [-0.1, -0.05) is 12.1 Å². The van der Waals surface area contributed by atoms with Gasteiger partial charge in [0.1, 0.15) is 5.75 Å². The van der Waals surface area contributed by atoms with Crippen molar-refractivity contribution in [3.05, 3.63) is 29.8 Å². The summed E-state index contributed by atoms with van der Waals surface area (Å²) in [6.45, 7) is -0.379. The molecular formula is C10H11NO4. The maximum atomic E-state index is 11.5. The number of ketones is 1. The molecule has 1 aromatic rings. The number of carbonyl (C=O) groups is 2. The Hall–Kier alpha value is -2.04. The van der Waals surface area contributed by atoms with E-state index in [1.54, 1.807) is 24.3 Å². The van der Waals surface area contributed by atoms with Gasteiger partial charge < -0.3 is 15.2 Å². The zero-order chi connectivity index (χ0) is 11.3. The van der Waals surface area contributed by atoms with E-state index in [2.05, 4.69) is 4.74 Å². The van der Waals surface area contributed by atoms with Crippen LogP contribution in [0.4, 0.5) is 4.79 Å². The molecule has 1 rings (SSSR count). The van der Waals surface area contributed by atoms with Gasteiger partial charge in [-0.25, -0.2) is 4.79 Å². The number of methoxy groups -OCH3 is 1. The summed E-state index contributed by atoms with van der Waals surface area (Å²) >= 11 is 0. The third-order valence-electron chi connectivity index (χ3n) is 1.75. The van der Waals surface area contributed by atoms with E-state index in [-0.39, 0.29) is 12.4 Å². The van der Waals surface area contributed by atoms with Gasteiger partial charge in [-0.2, -0.15) is 0 Å². The molecule has 5 nitrogen and oxygen atoms in total. The zero-order valence-electron chi connectivity index (χ0n) is 8.23. The van der Waals surface area contributed by atoms with Crippen LogP contribution in [-0.4, -0.2) is 25.6 Å². The second-order valence-electron chi connectivity index (χ2n) is 2.73. The molecule has 1 amide bonds. The summed E-state index contributed by atoms with van der Waals surface area (Å²) in [6, 6.07) is 6.67. The molecule has 0 spiro atoms. The minimum atomic E-state index is -0.974. The average molecular weight is 209 g/mol. The number of rotatable bonds is 4. The van der Waals surface area contributed by atoms with Gasteiger partial charge in [0.2, 0.25) is 5.78 Å². The summed E-state index contributed by atoms with van der Waals surface area (Å²) in [6.07, 6.45) is -0.974. The Labute approximate surface area is 86.8 Å². The highest BCUT2D eigenvalue weighted by Crippen LogP contribution is 2.17. The van der Waals surface area contributed by atoms with Crippen LogP contribution in [-0.2, 0) is 4.74 Å². The van der Waals surface area contributed by atoms with Gasteiger partial charge in [0, 0.05) is 0 Å². The van der Waals surface area contributed by atoms with Crippen LogP contribution in [0.5, 0.6) is 5.75 Å². The van der Waals surface area contributed by atoms with E-state index in [0.717, 1.165) is 0 Å². The van der Waals surface area contributed by atoms with Crippen molar-refractivity contribution >= 4 is 11.9 Å². The van der Waals surface area contributed by atoms with Crippen LogP contribution in [0, 0.1) is 0 Å². The number of amides is 1. The van der Waals surface area contributed by atoms with Crippen molar-refractivity contribution in [1.29, 1.82) is 0 Å². The molecule has 0 saturated heterocycles.